The molecule has 0 spiro atoms. The summed E-state index contributed by atoms with van der Waals surface area (Å²) >= 11 is 0. The maximum atomic E-state index is 13.2. The van der Waals surface area contributed by atoms with Crippen LogP contribution < -0.4 is 10.1 Å². The number of sulfonamides is 1. The highest BCUT2D eigenvalue weighted by atomic mass is 32.2. The van der Waals surface area contributed by atoms with Crippen LogP contribution in [-0.2, 0) is 14.8 Å². The predicted octanol–water partition coefficient (Wildman–Crippen LogP) is 2.59. The average molecular weight is 488 g/mol. The summed E-state index contributed by atoms with van der Waals surface area (Å²) in [6, 6.07) is 12.6. The molecule has 0 aliphatic carbocycles. The molecule has 2 aliphatic heterocycles. The van der Waals surface area contributed by atoms with Gasteiger partial charge in [-0.1, -0.05) is 18.2 Å². The minimum Gasteiger partial charge on any atom is -0.497 e. The molecule has 2 fully saturated rings. The van der Waals surface area contributed by atoms with Crippen molar-refractivity contribution in [2.75, 3.05) is 53.0 Å². The minimum absolute atomic E-state index is 0.0319. The number of carbonyl (C=O) groups is 1. The molecule has 0 aromatic heterocycles. The number of nitrogens with zero attached hydrogens (tertiary/aromatic N) is 2. The Bertz CT molecular complexity index is 1090. The van der Waals surface area contributed by atoms with Crippen LogP contribution in [0.15, 0.2) is 47.4 Å². The van der Waals surface area contributed by atoms with Gasteiger partial charge in [-0.3, -0.25) is 9.69 Å². The third-order valence-electron chi connectivity index (χ3n) is 6.60. The van der Waals surface area contributed by atoms with E-state index >= 15 is 0 Å². The Morgan fingerprint density at radius 1 is 1.06 bits per heavy atom. The van der Waals surface area contributed by atoms with Gasteiger partial charge >= 0.3 is 0 Å². The number of hydrogen-bond donors (Lipinski definition) is 1. The molecule has 8 nitrogen and oxygen atoms in total. The molecule has 4 rings (SSSR count). The van der Waals surface area contributed by atoms with Crippen LogP contribution >= 0.6 is 0 Å². The molecule has 2 aromatic carbocycles. The molecule has 2 saturated heterocycles. The number of amides is 1. The third-order valence-corrected chi connectivity index (χ3v) is 8.49. The highest BCUT2D eigenvalue weighted by Gasteiger charge is 2.29. The van der Waals surface area contributed by atoms with Crippen molar-refractivity contribution in [2.24, 2.45) is 0 Å². The summed E-state index contributed by atoms with van der Waals surface area (Å²) < 4.78 is 38.3. The summed E-state index contributed by atoms with van der Waals surface area (Å²) in [4.78, 5) is 15.7. The van der Waals surface area contributed by atoms with Gasteiger partial charge in [-0.2, -0.15) is 4.31 Å². The Morgan fingerprint density at radius 2 is 1.74 bits per heavy atom. The standard InChI is InChI=1S/C25H33N3O5S/c1-19-5-10-22(34(30,31)28-11-3-4-12-28)17-23(19)25(29)26-18-24(27-13-15-33-16-14-27)20-6-8-21(32-2)9-7-20/h5-10,17,24H,3-4,11-16,18H2,1-2H3,(H,26,29). The van der Waals surface area contributed by atoms with Crippen LogP contribution in [0, 0.1) is 6.92 Å². The molecule has 0 bridgehead atoms. The number of carbonyl (C=O) groups excluding carboxylic acids is 1. The van der Waals surface area contributed by atoms with E-state index < -0.39 is 10.0 Å². The van der Waals surface area contributed by atoms with E-state index in [1.165, 1.54) is 10.4 Å². The molecule has 1 amide bonds. The van der Waals surface area contributed by atoms with Crippen molar-refractivity contribution in [1.29, 1.82) is 0 Å². The zero-order valence-corrected chi connectivity index (χ0v) is 20.6. The largest absolute Gasteiger partial charge is 0.497 e. The van der Waals surface area contributed by atoms with Gasteiger partial charge in [0.25, 0.3) is 5.91 Å². The van der Waals surface area contributed by atoms with Gasteiger partial charge in [0.2, 0.25) is 10.0 Å². The van der Waals surface area contributed by atoms with Crippen molar-refractivity contribution in [3.8, 4) is 5.75 Å². The summed E-state index contributed by atoms with van der Waals surface area (Å²) in [6.07, 6.45) is 1.74. The van der Waals surface area contributed by atoms with Crippen LogP contribution in [0.3, 0.4) is 0 Å². The van der Waals surface area contributed by atoms with Crippen molar-refractivity contribution in [3.63, 3.8) is 0 Å². The van der Waals surface area contributed by atoms with Crippen molar-refractivity contribution < 1.29 is 22.7 Å². The molecule has 9 heteroatoms. The number of hydrogen-bond acceptors (Lipinski definition) is 6. The second-order valence-electron chi connectivity index (χ2n) is 8.74. The first-order valence-electron chi connectivity index (χ1n) is 11.7. The van der Waals surface area contributed by atoms with Crippen LogP contribution in [0.2, 0.25) is 0 Å². The summed E-state index contributed by atoms with van der Waals surface area (Å²) in [5.41, 5.74) is 2.20. The summed E-state index contributed by atoms with van der Waals surface area (Å²) in [5, 5.41) is 3.05. The summed E-state index contributed by atoms with van der Waals surface area (Å²) in [7, 11) is -1.96. The van der Waals surface area contributed by atoms with Crippen LogP contribution in [0.25, 0.3) is 0 Å². The molecule has 34 heavy (non-hydrogen) atoms. The Kier molecular flexibility index (Phi) is 7.88. The lowest BCUT2D eigenvalue weighted by Gasteiger charge is -2.35. The third kappa shape index (κ3) is 5.43. The molecule has 184 valence electrons. The smallest absolute Gasteiger partial charge is 0.251 e. The van der Waals surface area contributed by atoms with Gasteiger partial charge in [0.05, 0.1) is 31.3 Å². The van der Waals surface area contributed by atoms with Crippen molar-refractivity contribution in [3.05, 3.63) is 59.2 Å². The van der Waals surface area contributed by atoms with Crippen molar-refractivity contribution in [2.45, 2.75) is 30.7 Å². The SMILES string of the molecule is COc1ccc(C(CNC(=O)c2cc(S(=O)(=O)N3CCCC3)ccc2C)N2CCOCC2)cc1. The number of rotatable bonds is 8. The Balaban J connectivity index is 1.53. The minimum atomic E-state index is -3.59. The quantitative estimate of drug-likeness (QED) is 0.616. The van der Waals surface area contributed by atoms with E-state index in [4.69, 9.17) is 9.47 Å². The topological polar surface area (TPSA) is 88.2 Å². The van der Waals surface area contributed by atoms with Gasteiger partial charge < -0.3 is 14.8 Å². The fraction of sp³-hybridized carbons (Fsp3) is 0.480. The Labute approximate surface area is 201 Å². The monoisotopic (exact) mass is 487 g/mol. The predicted molar refractivity (Wildman–Crippen MR) is 130 cm³/mol. The van der Waals surface area contributed by atoms with E-state index in [1.807, 2.05) is 31.2 Å². The van der Waals surface area contributed by atoms with E-state index in [0.717, 1.165) is 42.8 Å². The first-order valence-corrected chi connectivity index (χ1v) is 13.2. The fourth-order valence-electron chi connectivity index (χ4n) is 4.54. The second-order valence-corrected chi connectivity index (χ2v) is 10.7. The normalized spacial score (nSPS) is 18.5. The van der Waals surface area contributed by atoms with E-state index in [-0.39, 0.29) is 16.8 Å². The summed E-state index contributed by atoms with van der Waals surface area (Å²) in [5.74, 6) is 0.503. The molecule has 1 unspecified atom stereocenters. The number of benzene rings is 2. The van der Waals surface area contributed by atoms with Gasteiger partial charge in [-0.15, -0.1) is 0 Å². The lowest BCUT2D eigenvalue weighted by Crippen LogP contribution is -2.43. The molecular weight excluding hydrogens is 454 g/mol. The van der Waals surface area contributed by atoms with Gasteiger partial charge in [0, 0.05) is 38.3 Å². The van der Waals surface area contributed by atoms with Crippen LogP contribution in [-0.4, -0.2) is 76.6 Å². The molecule has 1 atom stereocenters. The van der Waals surface area contributed by atoms with E-state index in [1.54, 1.807) is 19.2 Å². The van der Waals surface area contributed by atoms with E-state index in [9.17, 15) is 13.2 Å². The highest BCUT2D eigenvalue weighted by molar-refractivity contribution is 7.89. The Morgan fingerprint density at radius 3 is 2.38 bits per heavy atom. The molecule has 2 aliphatic rings. The Hall–Kier alpha value is -2.46. The van der Waals surface area contributed by atoms with Gasteiger partial charge in [0.15, 0.2) is 0 Å². The summed E-state index contributed by atoms with van der Waals surface area (Å²) in [6.45, 7) is 6.12. The molecular formula is C25H33N3O5S. The zero-order chi connectivity index (χ0) is 24.1. The van der Waals surface area contributed by atoms with Crippen molar-refractivity contribution in [1.82, 2.24) is 14.5 Å². The number of methoxy groups -OCH3 is 1. The van der Waals surface area contributed by atoms with E-state index in [0.29, 0.717) is 38.4 Å². The maximum absolute atomic E-state index is 13.2. The lowest BCUT2D eigenvalue weighted by atomic mass is 10.0. The number of ether oxygens (including phenoxy) is 2. The number of morpholine rings is 1. The zero-order valence-electron chi connectivity index (χ0n) is 19.8. The second kappa shape index (κ2) is 10.9. The van der Waals surface area contributed by atoms with Crippen molar-refractivity contribution >= 4 is 15.9 Å². The molecule has 1 N–H and O–H groups in total. The van der Waals surface area contributed by atoms with Crippen LogP contribution in [0.5, 0.6) is 5.75 Å². The number of aryl methyl sites for hydroxylation is 1. The molecule has 2 heterocycles. The molecule has 0 radical (unpaired) electrons. The molecule has 0 saturated carbocycles. The van der Waals surface area contributed by atoms with Gasteiger partial charge in [-0.25, -0.2) is 8.42 Å². The highest BCUT2D eigenvalue weighted by Crippen LogP contribution is 2.25. The molecule has 2 aromatic rings. The lowest BCUT2D eigenvalue weighted by molar-refractivity contribution is 0.0162. The van der Waals surface area contributed by atoms with Crippen LogP contribution in [0.1, 0.15) is 40.4 Å². The fourth-order valence-corrected chi connectivity index (χ4v) is 6.09. The first-order chi connectivity index (χ1) is 16.4. The van der Waals surface area contributed by atoms with E-state index in [2.05, 4.69) is 10.2 Å². The maximum Gasteiger partial charge on any atom is 0.251 e. The van der Waals surface area contributed by atoms with Gasteiger partial charge in [-0.05, 0) is 55.2 Å². The first kappa shape index (κ1) is 24.7. The van der Waals surface area contributed by atoms with Crippen LogP contribution in [0.4, 0.5) is 0 Å². The number of nitrogens with one attached hydrogen (secondary N) is 1. The average Bonchev–Trinajstić information content (AvgIpc) is 3.41. The van der Waals surface area contributed by atoms with Gasteiger partial charge in [0.1, 0.15) is 5.75 Å².